The van der Waals surface area contributed by atoms with E-state index in [1.807, 2.05) is 19.0 Å². The average Bonchev–Trinajstić information content (AvgIpc) is 3.16. The first-order valence-corrected chi connectivity index (χ1v) is 14.1. The number of esters is 1. The second-order valence-electron chi connectivity index (χ2n) is 10.4. The minimum absolute atomic E-state index is 0.117. The van der Waals surface area contributed by atoms with Gasteiger partial charge >= 0.3 is 5.97 Å². The third-order valence-corrected chi connectivity index (χ3v) is 6.82. The summed E-state index contributed by atoms with van der Waals surface area (Å²) in [4.78, 5) is 28.3. The molecule has 5 heteroatoms. The van der Waals surface area contributed by atoms with E-state index in [1.54, 1.807) is 0 Å². The highest BCUT2D eigenvalue weighted by atomic mass is 16.5. The highest BCUT2D eigenvalue weighted by Crippen LogP contribution is 2.20. The summed E-state index contributed by atoms with van der Waals surface area (Å²) >= 11 is 0. The third-order valence-electron chi connectivity index (χ3n) is 6.82. The van der Waals surface area contributed by atoms with Crippen LogP contribution in [0.4, 0.5) is 0 Å². The van der Waals surface area contributed by atoms with Crippen LogP contribution >= 0.6 is 0 Å². The van der Waals surface area contributed by atoms with E-state index in [0.717, 1.165) is 25.9 Å². The lowest BCUT2D eigenvalue weighted by Crippen LogP contribution is -2.28. The summed E-state index contributed by atoms with van der Waals surface area (Å²) in [5, 5.41) is 0. The van der Waals surface area contributed by atoms with E-state index in [9.17, 15) is 9.59 Å². The van der Waals surface area contributed by atoms with Gasteiger partial charge in [-0.15, -0.1) is 0 Å². The first-order chi connectivity index (χ1) is 16.0. The van der Waals surface area contributed by atoms with E-state index in [2.05, 4.69) is 11.8 Å². The molecule has 1 amide bonds. The topological polar surface area (TPSA) is 49.9 Å². The second-order valence-corrected chi connectivity index (χ2v) is 10.4. The monoisotopic (exact) mass is 466 g/mol. The Morgan fingerprint density at radius 1 is 0.818 bits per heavy atom. The molecule has 1 unspecified atom stereocenters. The van der Waals surface area contributed by atoms with Gasteiger partial charge in [-0.25, -0.2) is 0 Å². The minimum Gasteiger partial charge on any atom is -0.465 e. The lowest BCUT2D eigenvalue weighted by atomic mass is 10.0. The van der Waals surface area contributed by atoms with Crippen LogP contribution in [0.2, 0.25) is 0 Å². The predicted octanol–water partition coefficient (Wildman–Crippen LogP) is 6.59. The van der Waals surface area contributed by atoms with E-state index >= 15 is 0 Å². The molecule has 33 heavy (non-hydrogen) atoms. The number of likely N-dealkylation sites (tertiary alicyclic amines) is 1. The Kier molecular flexibility index (Phi) is 18.4. The molecular formula is C28H54N2O3. The number of unbranched alkanes of at least 4 members (excludes halogenated alkanes) is 15. The number of rotatable bonds is 22. The Bertz CT molecular complexity index is 496. The number of nitrogens with zero attached hydrogens (tertiary/aromatic N) is 2. The van der Waals surface area contributed by atoms with Gasteiger partial charge in [-0.1, -0.05) is 103 Å². The standard InChI is InChI=1S/C28H54N2O3/c1-4-5-6-7-8-9-10-11-12-13-14-15-16-17-18-19-22-30-25-26(24-27(30)31)28(32)33-23-20-21-29(2)3/h26H,4-25H2,1-3H3. The zero-order valence-corrected chi connectivity index (χ0v) is 22.3. The summed E-state index contributed by atoms with van der Waals surface area (Å²) in [6.45, 7) is 4.97. The van der Waals surface area contributed by atoms with E-state index in [-0.39, 0.29) is 17.8 Å². The summed E-state index contributed by atoms with van der Waals surface area (Å²) in [6.07, 6.45) is 22.8. The van der Waals surface area contributed by atoms with Crippen LogP contribution in [0.3, 0.4) is 0 Å². The molecule has 0 aromatic heterocycles. The van der Waals surface area contributed by atoms with Crippen molar-refractivity contribution < 1.29 is 14.3 Å². The molecule has 0 saturated carbocycles. The lowest BCUT2D eigenvalue weighted by molar-refractivity contribution is -0.148. The fraction of sp³-hybridized carbons (Fsp3) is 0.929. The Hall–Kier alpha value is -1.10. The maximum absolute atomic E-state index is 12.2. The van der Waals surface area contributed by atoms with Gasteiger partial charge in [-0.05, 0) is 26.9 Å². The smallest absolute Gasteiger partial charge is 0.311 e. The molecule has 1 rings (SSSR count). The maximum atomic E-state index is 12.2. The number of ether oxygens (including phenoxy) is 1. The van der Waals surface area contributed by atoms with Crippen molar-refractivity contribution in [1.29, 1.82) is 0 Å². The van der Waals surface area contributed by atoms with Crippen LogP contribution in [0.15, 0.2) is 0 Å². The van der Waals surface area contributed by atoms with Crippen molar-refractivity contribution in [3.05, 3.63) is 0 Å². The highest BCUT2D eigenvalue weighted by molar-refractivity contribution is 5.86. The average molecular weight is 467 g/mol. The van der Waals surface area contributed by atoms with Gasteiger partial charge in [0.15, 0.2) is 0 Å². The summed E-state index contributed by atoms with van der Waals surface area (Å²) in [6, 6.07) is 0. The first-order valence-electron chi connectivity index (χ1n) is 14.1. The summed E-state index contributed by atoms with van der Waals surface area (Å²) in [5.41, 5.74) is 0. The normalized spacial score (nSPS) is 16.2. The zero-order chi connectivity index (χ0) is 24.2. The Labute approximate surface area is 205 Å². The van der Waals surface area contributed by atoms with Gasteiger partial charge in [-0.3, -0.25) is 9.59 Å². The molecule has 1 aliphatic heterocycles. The molecule has 0 N–H and O–H groups in total. The summed E-state index contributed by atoms with van der Waals surface area (Å²) in [5.74, 6) is -0.347. The SMILES string of the molecule is CCCCCCCCCCCCCCCCCCN1CC(C(=O)OCCCN(C)C)CC1=O. The molecule has 0 bridgehead atoms. The summed E-state index contributed by atoms with van der Waals surface area (Å²) in [7, 11) is 4.02. The van der Waals surface area contributed by atoms with Crippen LogP contribution in [-0.2, 0) is 14.3 Å². The van der Waals surface area contributed by atoms with Crippen LogP contribution in [0, 0.1) is 5.92 Å². The molecule has 0 radical (unpaired) electrons. The molecule has 1 heterocycles. The first kappa shape index (κ1) is 29.9. The number of hydrogen-bond acceptors (Lipinski definition) is 4. The fourth-order valence-corrected chi connectivity index (χ4v) is 4.67. The quantitative estimate of drug-likeness (QED) is 0.133. The van der Waals surface area contributed by atoms with Crippen molar-refractivity contribution in [2.75, 3.05) is 40.3 Å². The Morgan fingerprint density at radius 2 is 1.30 bits per heavy atom. The van der Waals surface area contributed by atoms with Crippen molar-refractivity contribution in [2.24, 2.45) is 5.92 Å². The molecule has 0 aliphatic carbocycles. The number of amides is 1. The maximum Gasteiger partial charge on any atom is 0.311 e. The van der Waals surface area contributed by atoms with Crippen LogP contribution < -0.4 is 0 Å². The molecule has 1 fully saturated rings. The van der Waals surface area contributed by atoms with Gasteiger partial charge in [0.2, 0.25) is 5.91 Å². The van der Waals surface area contributed by atoms with E-state index in [4.69, 9.17) is 4.74 Å². The Morgan fingerprint density at radius 3 is 1.79 bits per heavy atom. The van der Waals surface area contributed by atoms with Crippen LogP contribution in [0.1, 0.15) is 122 Å². The molecule has 1 atom stereocenters. The van der Waals surface area contributed by atoms with Crippen molar-refractivity contribution in [3.63, 3.8) is 0 Å². The van der Waals surface area contributed by atoms with Crippen molar-refractivity contribution in [1.82, 2.24) is 9.80 Å². The molecule has 0 aromatic carbocycles. The van der Waals surface area contributed by atoms with E-state index in [1.165, 1.54) is 96.3 Å². The number of carbonyl (C=O) groups excluding carboxylic acids is 2. The van der Waals surface area contributed by atoms with Gasteiger partial charge in [0, 0.05) is 26.1 Å². The molecule has 194 valence electrons. The highest BCUT2D eigenvalue weighted by Gasteiger charge is 2.34. The zero-order valence-electron chi connectivity index (χ0n) is 22.3. The number of hydrogen-bond donors (Lipinski definition) is 0. The molecule has 0 spiro atoms. The third kappa shape index (κ3) is 16.2. The van der Waals surface area contributed by atoms with Gasteiger partial charge in [0.1, 0.15) is 0 Å². The van der Waals surface area contributed by atoms with E-state index in [0.29, 0.717) is 19.6 Å². The van der Waals surface area contributed by atoms with Gasteiger partial charge in [0.25, 0.3) is 0 Å². The molecule has 1 saturated heterocycles. The second kappa shape index (κ2) is 20.3. The largest absolute Gasteiger partial charge is 0.465 e. The molecule has 0 aromatic rings. The van der Waals surface area contributed by atoms with Gasteiger partial charge in [-0.2, -0.15) is 0 Å². The molecule has 1 aliphatic rings. The van der Waals surface area contributed by atoms with Crippen molar-refractivity contribution in [3.8, 4) is 0 Å². The fourth-order valence-electron chi connectivity index (χ4n) is 4.67. The minimum atomic E-state index is -0.266. The van der Waals surface area contributed by atoms with Crippen molar-refractivity contribution in [2.45, 2.75) is 122 Å². The number of carbonyl (C=O) groups is 2. The molecular weight excluding hydrogens is 412 g/mol. The van der Waals surface area contributed by atoms with Crippen molar-refractivity contribution >= 4 is 11.9 Å². The van der Waals surface area contributed by atoms with E-state index < -0.39 is 0 Å². The van der Waals surface area contributed by atoms with Gasteiger partial charge in [0.05, 0.1) is 12.5 Å². The van der Waals surface area contributed by atoms with Crippen LogP contribution in [-0.4, -0.2) is 62.0 Å². The van der Waals surface area contributed by atoms with Crippen LogP contribution in [0.25, 0.3) is 0 Å². The lowest BCUT2D eigenvalue weighted by Gasteiger charge is -2.16. The van der Waals surface area contributed by atoms with Gasteiger partial charge < -0.3 is 14.5 Å². The summed E-state index contributed by atoms with van der Waals surface area (Å²) < 4.78 is 5.36. The van der Waals surface area contributed by atoms with Crippen LogP contribution in [0.5, 0.6) is 0 Å². The Balaban J connectivity index is 1.89. The predicted molar refractivity (Wildman–Crippen MR) is 138 cm³/mol. The molecule has 5 nitrogen and oxygen atoms in total.